The van der Waals surface area contributed by atoms with Gasteiger partial charge in [0.25, 0.3) is 0 Å². The molecule has 0 bridgehead atoms. The van der Waals surface area contributed by atoms with Crippen LogP contribution < -0.4 is 5.32 Å². The van der Waals surface area contributed by atoms with Crippen molar-refractivity contribution >= 4 is 6.41 Å². The minimum absolute atomic E-state index is 0.539. The van der Waals surface area contributed by atoms with Gasteiger partial charge in [0.1, 0.15) is 0 Å². The molecule has 0 rings (SSSR count). The van der Waals surface area contributed by atoms with E-state index in [1.165, 1.54) is 0 Å². The van der Waals surface area contributed by atoms with Crippen LogP contribution in [0.3, 0.4) is 0 Å². The van der Waals surface area contributed by atoms with Gasteiger partial charge in [-0.05, 0) is 6.54 Å². The Morgan fingerprint density at radius 2 is 1.56 bits per heavy atom. The van der Waals surface area contributed by atoms with Crippen LogP contribution in [0.2, 0.25) is 0 Å². The summed E-state index contributed by atoms with van der Waals surface area (Å²) in [6.07, 6.45) is 0.782. The minimum Gasteiger partial charge on any atom is -0.378 e. The summed E-state index contributed by atoms with van der Waals surface area (Å²) < 4.78 is 15.9. The Bertz CT molecular complexity index is 181. The van der Waals surface area contributed by atoms with Crippen LogP contribution in [0.25, 0.3) is 0 Å². The van der Waals surface area contributed by atoms with Crippen LogP contribution in [0, 0.1) is 0 Å². The third-order valence-corrected chi connectivity index (χ3v) is 2.19. The molecule has 0 aromatic rings. The van der Waals surface area contributed by atoms with E-state index in [1.807, 2.05) is 0 Å². The summed E-state index contributed by atoms with van der Waals surface area (Å²) in [6, 6.07) is 0. The van der Waals surface area contributed by atoms with E-state index < -0.39 is 0 Å². The Balaban J connectivity index is 2.96. The highest BCUT2D eigenvalue weighted by Gasteiger charge is 1.94. The smallest absolute Gasteiger partial charge is 0.209 e. The lowest BCUT2D eigenvalue weighted by Crippen LogP contribution is -2.22. The van der Waals surface area contributed by atoms with Crippen molar-refractivity contribution in [2.75, 3.05) is 66.3 Å². The van der Waals surface area contributed by atoms with Crippen molar-refractivity contribution in [3.8, 4) is 0 Å². The largest absolute Gasteiger partial charge is 0.378 e. The summed E-state index contributed by atoms with van der Waals surface area (Å²) in [5.41, 5.74) is 0. The van der Waals surface area contributed by atoms with E-state index in [9.17, 15) is 4.79 Å². The van der Waals surface area contributed by atoms with Crippen LogP contribution in [0.1, 0.15) is 6.92 Å². The fourth-order valence-corrected chi connectivity index (χ4v) is 1.12. The number of rotatable bonds is 14. The van der Waals surface area contributed by atoms with Gasteiger partial charge < -0.3 is 24.4 Å². The quantitative estimate of drug-likeness (QED) is 0.345. The highest BCUT2D eigenvalue weighted by atomic mass is 16.5. The molecule has 6 nitrogen and oxygen atoms in total. The molecule has 6 heteroatoms. The molecule has 0 unspecified atom stereocenters. The number of amides is 1. The third-order valence-electron chi connectivity index (χ3n) is 2.19. The number of hydrogen-bond acceptors (Lipinski definition) is 5. The second-order valence-electron chi connectivity index (χ2n) is 3.78. The Morgan fingerprint density at radius 1 is 1.00 bits per heavy atom. The Hall–Kier alpha value is -0.690. The zero-order chi connectivity index (χ0) is 13.5. The molecule has 0 fully saturated rings. The number of ether oxygens (including phenoxy) is 3. The molecule has 0 aromatic heterocycles. The predicted octanol–water partition coefficient (Wildman–Crippen LogP) is -0.266. The number of carbonyl (C=O) groups is 1. The monoisotopic (exact) mass is 262 g/mol. The average molecular weight is 262 g/mol. The van der Waals surface area contributed by atoms with E-state index in [0.29, 0.717) is 46.2 Å². The van der Waals surface area contributed by atoms with E-state index >= 15 is 0 Å². The Kier molecular flexibility index (Phi) is 13.8. The molecule has 108 valence electrons. The van der Waals surface area contributed by atoms with Gasteiger partial charge in [-0.15, -0.1) is 0 Å². The van der Waals surface area contributed by atoms with Gasteiger partial charge >= 0.3 is 0 Å². The van der Waals surface area contributed by atoms with Gasteiger partial charge in [-0.25, -0.2) is 0 Å². The van der Waals surface area contributed by atoms with Crippen LogP contribution in [-0.2, 0) is 19.0 Å². The van der Waals surface area contributed by atoms with E-state index in [4.69, 9.17) is 14.2 Å². The van der Waals surface area contributed by atoms with E-state index in [0.717, 1.165) is 19.5 Å². The molecular formula is C12H26N2O4. The molecule has 0 spiro atoms. The van der Waals surface area contributed by atoms with Crippen molar-refractivity contribution in [2.45, 2.75) is 6.92 Å². The number of nitrogens with one attached hydrogen (secondary N) is 1. The summed E-state index contributed by atoms with van der Waals surface area (Å²) in [7, 11) is 1.72. The minimum atomic E-state index is 0.539. The summed E-state index contributed by atoms with van der Waals surface area (Å²) in [4.78, 5) is 11.8. The molecule has 0 aromatic carbocycles. The molecular weight excluding hydrogens is 236 g/mol. The molecule has 18 heavy (non-hydrogen) atoms. The van der Waals surface area contributed by atoms with Gasteiger partial charge in [0.2, 0.25) is 6.41 Å². The molecule has 0 aliphatic heterocycles. The van der Waals surface area contributed by atoms with Gasteiger partial charge in [0.15, 0.2) is 0 Å². The van der Waals surface area contributed by atoms with Crippen LogP contribution in [-0.4, -0.2) is 77.6 Å². The highest BCUT2D eigenvalue weighted by Crippen LogP contribution is 1.82. The first kappa shape index (κ1) is 17.3. The molecule has 0 aliphatic carbocycles. The number of likely N-dealkylation sites (N-methyl/N-ethyl adjacent to an activating group) is 2. The van der Waals surface area contributed by atoms with Crippen molar-refractivity contribution in [1.82, 2.24) is 10.2 Å². The van der Waals surface area contributed by atoms with Crippen LogP contribution in [0.4, 0.5) is 0 Å². The molecule has 0 atom stereocenters. The van der Waals surface area contributed by atoms with Gasteiger partial charge in [-0.2, -0.15) is 0 Å². The number of hydrogen-bond donors (Lipinski definition) is 1. The van der Waals surface area contributed by atoms with Crippen molar-refractivity contribution in [1.29, 1.82) is 0 Å². The van der Waals surface area contributed by atoms with Crippen molar-refractivity contribution in [3.05, 3.63) is 0 Å². The van der Waals surface area contributed by atoms with Gasteiger partial charge in [-0.3, -0.25) is 4.79 Å². The summed E-state index contributed by atoms with van der Waals surface area (Å²) in [5, 5.41) is 3.17. The molecule has 0 heterocycles. The molecule has 0 aliphatic rings. The lowest BCUT2D eigenvalue weighted by Gasteiger charge is -2.10. The van der Waals surface area contributed by atoms with E-state index in [2.05, 4.69) is 12.2 Å². The maximum absolute atomic E-state index is 10.3. The van der Waals surface area contributed by atoms with E-state index in [1.54, 1.807) is 11.9 Å². The molecule has 1 N–H and O–H groups in total. The van der Waals surface area contributed by atoms with Gasteiger partial charge in [-0.1, -0.05) is 6.92 Å². The molecule has 0 saturated heterocycles. The Labute approximate surface area is 110 Å². The molecule has 0 saturated carbocycles. The number of nitrogens with zero attached hydrogens (tertiary/aromatic N) is 1. The number of carbonyl (C=O) groups excluding carboxylic acids is 1. The summed E-state index contributed by atoms with van der Waals surface area (Å²) in [5.74, 6) is 0. The van der Waals surface area contributed by atoms with Crippen LogP contribution in [0.5, 0.6) is 0 Å². The predicted molar refractivity (Wildman–Crippen MR) is 69.7 cm³/mol. The van der Waals surface area contributed by atoms with E-state index in [-0.39, 0.29) is 0 Å². The lowest BCUT2D eigenvalue weighted by atomic mass is 10.6. The molecule has 1 amide bonds. The summed E-state index contributed by atoms with van der Waals surface area (Å²) in [6.45, 7) is 8.07. The topological polar surface area (TPSA) is 60.0 Å². The third kappa shape index (κ3) is 13.4. The zero-order valence-corrected chi connectivity index (χ0v) is 11.5. The highest BCUT2D eigenvalue weighted by molar-refractivity contribution is 5.46. The fourth-order valence-electron chi connectivity index (χ4n) is 1.12. The van der Waals surface area contributed by atoms with Crippen LogP contribution in [0.15, 0.2) is 0 Å². The SMILES string of the molecule is CCNCCOCCOCCOCCN(C)C=O. The zero-order valence-electron chi connectivity index (χ0n) is 11.5. The first-order valence-electron chi connectivity index (χ1n) is 6.40. The average Bonchev–Trinajstić information content (AvgIpc) is 2.39. The van der Waals surface area contributed by atoms with Gasteiger partial charge in [0, 0.05) is 20.1 Å². The molecule has 0 radical (unpaired) electrons. The standard InChI is InChI=1S/C12H26N2O4/c1-3-13-4-6-16-8-10-18-11-9-17-7-5-14(2)12-15/h12-13H,3-11H2,1-2H3. The van der Waals surface area contributed by atoms with Crippen molar-refractivity contribution in [2.24, 2.45) is 0 Å². The van der Waals surface area contributed by atoms with Gasteiger partial charge in [0.05, 0.1) is 39.6 Å². The maximum Gasteiger partial charge on any atom is 0.209 e. The Morgan fingerprint density at radius 3 is 2.11 bits per heavy atom. The van der Waals surface area contributed by atoms with Crippen LogP contribution >= 0.6 is 0 Å². The normalized spacial score (nSPS) is 10.6. The van der Waals surface area contributed by atoms with Crippen molar-refractivity contribution in [3.63, 3.8) is 0 Å². The van der Waals surface area contributed by atoms with Crippen molar-refractivity contribution < 1.29 is 19.0 Å². The second-order valence-corrected chi connectivity index (χ2v) is 3.78. The lowest BCUT2D eigenvalue weighted by molar-refractivity contribution is -0.117. The maximum atomic E-state index is 10.3. The fraction of sp³-hybridized carbons (Fsp3) is 0.917. The summed E-state index contributed by atoms with van der Waals surface area (Å²) >= 11 is 0. The first-order valence-corrected chi connectivity index (χ1v) is 6.40. The second kappa shape index (κ2) is 14.4. The first-order chi connectivity index (χ1) is 8.81.